The molecule has 0 spiro atoms. The van der Waals surface area contributed by atoms with E-state index in [1.54, 1.807) is 6.07 Å². The van der Waals surface area contributed by atoms with Gasteiger partial charge >= 0.3 is 0 Å². The molecule has 1 heterocycles. The van der Waals surface area contributed by atoms with Gasteiger partial charge in [-0.1, -0.05) is 13.8 Å². The lowest BCUT2D eigenvalue weighted by molar-refractivity contribution is 0.297. The second kappa shape index (κ2) is 4.89. The van der Waals surface area contributed by atoms with E-state index >= 15 is 0 Å². The molecule has 1 saturated heterocycles. The first-order chi connectivity index (χ1) is 8.52. The van der Waals surface area contributed by atoms with Crippen LogP contribution in [0.15, 0.2) is 18.2 Å². The van der Waals surface area contributed by atoms with E-state index in [4.69, 9.17) is 11.0 Å². The molecule has 2 rings (SSSR count). The molecule has 1 aromatic rings. The largest absolute Gasteiger partial charge is 0.397 e. The molecule has 1 fully saturated rings. The summed E-state index contributed by atoms with van der Waals surface area (Å²) in [6, 6.07) is 8.23. The Kier molecular flexibility index (Phi) is 3.47. The maximum Gasteiger partial charge on any atom is 0.0992 e. The average Bonchev–Trinajstić information content (AvgIpc) is 2.34. The lowest BCUT2D eigenvalue weighted by Gasteiger charge is -2.43. The highest BCUT2D eigenvalue weighted by atomic mass is 15.2. The molecule has 0 saturated carbocycles. The van der Waals surface area contributed by atoms with E-state index in [0.717, 1.165) is 12.2 Å². The summed E-state index contributed by atoms with van der Waals surface area (Å²) in [4.78, 5) is 2.38. The second-order valence-electron chi connectivity index (χ2n) is 5.60. The van der Waals surface area contributed by atoms with Crippen LogP contribution < -0.4 is 10.6 Å². The average molecular weight is 243 g/mol. The van der Waals surface area contributed by atoms with Crippen molar-refractivity contribution in [3.05, 3.63) is 23.8 Å². The van der Waals surface area contributed by atoms with Gasteiger partial charge in [-0.2, -0.15) is 5.26 Å². The van der Waals surface area contributed by atoms with Crippen LogP contribution >= 0.6 is 0 Å². The molecule has 3 heteroatoms. The van der Waals surface area contributed by atoms with Crippen molar-refractivity contribution < 1.29 is 0 Å². The van der Waals surface area contributed by atoms with Gasteiger partial charge in [0.25, 0.3) is 0 Å². The van der Waals surface area contributed by atoms with Gasteiger partial charge in [0.1, 0.15) is 0 Å². The predicted octanol–water partition coefficient (Wildman–Crippen LogP) is 3.01. The Balaban J connectivity index is 2.33. The number of piperidine rings is 1. The van der Waals surface area contributed by atoms with Crippen molar-refractivity contribution in [3.63, 3.8) is 0 Å². The molecule has 2 N–H and O–H groups in total. The number of rotatable bonds is 1. The van der Waals surface area contributed by atoms with E-state index in [2.05, 4.69) is 31.7 Å². The first-order valence-corrected chi connectivity index (χ1v) is 6.59. The molecule has 0 radical (unpaired) electrons. The van der Waals surface area contributed by atoms with Gasteiger partial charge in [-0.15, -0.1) is 0 Å². The van der Waals surface area contributed by atoms with Crippen LogP contribution in [0.5, 0.6) is 0 Å². The predicted molar refractivity (Wildman–Crippen MR) is 75.3 cm³/mol. The zero-order chi connectivity index (χ0) is 13.3. The number of nitrogen functional groups attached to an aromatic ring is 1. The lowest BCUT2D eigenvalue weighted by atomic mass is 9.85. The Hall–Kier alpha value is -1.69. The van der Waals surface area contributed by atoms with E-state index in [0.29, 0.717) is 29.1 Å². The van der Waals surface area contributed by atoms with Gasteiger partial charge in [0.15, 0.2) is 0 Å². The quantitative estimate of drug-likeness (QED) is 0.771. The molecule has 96 valence electrons. The van der Waals surface area contributed by atoms with Crippen molar-refractivity contribution in [2.75, 3.05) is 17.2 Å². The Labute approximate surface area is 109 Å². The van der Waals surface area contributed by atoms with Crippen LogP contribution in [0.4, 0.5) is 11.4 Å². The van der Waals surface area contributed by atoms with E-state index < -0.39 is 0 Å². The van der Waals surface area contributed by atoms with Crippen LogP contribution in [0.1, 0.15) is 32.8 Å². The van der Waals surface area contributed by atoms with Crippen LogP contribution in [0.25, 0.3) is 0 Å². The monoisotopic (exact) mass is 243 g/mol. The van der Waals surface area contributed by atoms with Crippen LogP contribution in [-0.4, -0.2) is 12.6 Å². The maximum absolute atomic E-state index is 8.88. The fourth-order valence-corrected chi connectivity index (χ4v) is 2.92. The summed E-state index contributed by atoms with van der Waals surface area (Å²) in [5, 5.41) is 8.88. The summed E-state index contributed by atoms with van der Waals surface area (Å²) in [6.45, 7) is 7.89. The number of nitrogens with zero attached hydrogens (tertiary/aromatic N) is 2. The summed E-state index contributed by atoms with van der Waals surface area (Å²) in [7, 11) is 0. The number of nitriles is 1. The molecule has 1 aliphatic heterocycles. The van der Waals surface area contributed by atoms with Crippen molar-refractivity contribution in [1.29, 1.82) is 5.26 Å². The molecule has 0 bridgehead atoms. The summed E-state index contributed by atoms with van der Waals surface area (Å²) < 4.78 is 0. The van der Waals surface area contributed by atoms with Gasteiger partial charge < -0.3 is 10.6 Å². The van der Waals surface area contributed by atoms with E-state index in [1.807, 2.05) is 12.1 Å². The van der Waals surface area contributed by atoms with Gasteiger partial charge in [0, 0.05) is 12.6 Å². The summed E-state index contributed by atoms with van der Waals surface area (Å²) in [6.07, 6.45) is 1.27. The number of benzene rings is 1. The molecule has 3 nitrogen and oxygen atoms in total. The summed E-state index contributed by atoms with van der Waals surface area (Å²) >= 11 is 0. The van der Waals surface area contributed by atoms with Crippen molar-refractivity contribution in [2.24, 2.45) is 11.8 Å². The minimum Gasteiger partial charge on any atom is -0.397 e. The molecule has 1 aliphatic rings. The molecule has 18 heavy (non-hydrogen) atoms. The lowest BCUT2D eigenvalue weighted by Crippen LogP contribution is -2.46. The molecular weight excluding hydrogens is 222 g/mol. The highest BCUT2D eigenvalue weighted by Crippen LogP contribution is 2.34. The number of anilines is 2. The minimum absolute atomic E-state index is 0.497. The molecular formula is C15H21N3. The number of hydrogen-bond acceptors (Lipinski definition) is 3. The van der Waals surface area contributed by atoms with E-state index in [1.165, 1.54) is 6.42 Å². The zero-order valence-electron chi connectivity index (χ0n) is 11.4. The Morgan fingerprint density at radius 1 is 1.33 bits per heavy atom. The third kappa shape index (κ3) is 2.28. The zero-order valence-corrected chi connectivity index (χ0v) is 11.4. The maximum atomic E-state index is 8.88. The minimum atomic E-state index is 0.497. The van der Waals surface area contributed by atoms with Crippen molar-refractivity contribution in [2.45, 2.75) is 33.2 Å². The highest BCUT2D eigenvalue weighted by molar-refractivity contribution is 5.70. The smallest absolute Gasteiger partial charge is 0.0992 e. The van der Waals surface area contributed by atoms with E-state index in [9.17, 15) is 0 Å². The SMILES string of the molecule is CC1CC(C)C(C)N(c2ccc(C#N)cc2N)C1. The summed E-state index contributed by atoms with van der Waals surface area (Å²) in [5.74, 6) is 1.36. The second-order valence-corrected chi connectivity index (χ2v) is 5.60. The number of hydrogen-bond donors (Lipinski definition) is 1. The van der Waals surface area contributed by atoms with Crippen molar-refractivity contribution in [1.82, 2.24) is 0 Å². The Bertz CT molecular complexity index is 475. The van der Waals surface area contributed by atoms with Gasteiger partial charge in [-0.25, -0.2) is 0 Å². The Morgan fingerprint density at radius 3 is 2.67 bits per heavy atom. The van der Waals surface area contributed by atoms with Crippen LogP contribution in [-0.2, 0) is 0 Å². The topological polar surface area (TPSA) is 53.0 Å². The molecule has 0 amide bonds. The first kappa shape index (κ1) is 12.8. The fourth-order valence-electron chi connectivity index (χ4n) is 2.92. The molecule has 3 unspecified atom stereocenters. The molecule has 0 aliphatic carbocycles. The van der Waals surface area contributed by atoms with Crippen LogP contribution in [0.3, 0.4) is 0 Å². The van der Waals surface area contributed by atoms with Crippen LogP contribution in [0, 0.1) is 23.2 Å². The molecule has 0 aromatic heterocycles. The van der Waals surface area contributed by atoms with Crippen molar-refractivity contribution >= 4 is 11.4 Å². The van der Waals surface area contributed by atoms with Crippen molar-refractivity contribution in [3.8, 4) is 6.07 Å². The molecule has 1 aromatic carbocycles. The van der Waals surface area contributed by atoms with E-state index in [-0.39, 0.29) is 0 Å². The summed E-state index contributed by atoms with van der Waals surface area (Å²) in [5.41, 5.74) is 8.49. The fraction of sp³-hybridized carbons (Fsp3) is 0.533. The van der Waals surface area contributed by atoms with Gasteiger partial charge in [-0.3, -0.25) is 0 Å². The Morgan fingerprint density at radius 2 is 2.06 bits per heavy atom. The standard InChI is InChI=1S/C15H21N3/c1-10-6-11(2)12(3)18(9-10)15-5-4-13(8-16)7-14(15)17/h4-5,7,10-12H,6,9,17H2,1-3H3. The highest BCUT2D eigenvalue weighted by Gasteiger charge is 2.29. The van der Waals surface area contributed by atoms with Crippen LogP contribution in [0.2, 0.25) is 0 Å². The third-order valence-electron chi connectivity index (χ3n) is 4.06. The number of nitrogens with two attached hydrogens (primary N) is 1. The first-order valence-electron chi connectivity index (χ1n) is 6.59. The van der Waals surface area contributed by atoms with Gasteiger partial charge in [-0.05, 0) is 43.4 Å². The van der Waals surface area contributed by atoms with Gasteiger partial charge in [0.05, 0.1) is 23.0 Å². The van der Waals surface area contributed by atoms with Gasteiger partial charge in [0.2, 0.25) is 0 Å². The third-order valence-corrected chi connectivity index (χ3v) is 4.06. The normalized spacial score (nSPS) is 27.9. The molecule has 3 atom stereocenters.